The number of nitrogens with one attached hydrogen (secondary N) is 1. The zero-order chi connectivity index (χ0) is 19.4. The van der Waals surface area contributed by atoms with Gasteiger partial charge in [0.2, 0.25) is 5.76 Å². The first-order valence-electron chi connectivity index (χ1n) is 9.30. The van der Waals surface area contributed by atoms with E-state index in [1.165, 1.54) is 11.8 Å². The average molecular weight is 375 g/mol. The molecule has 1 aromatic heterocycles. The molecule has 1 saturated carbocycles. The molecule has 4 rings (SSSR count). The molecule has 0 radical (unpaired) electrons. The predicted octanol–water partition coefficient (Wildman–Crippen LogP) is 3.95. The van der Waals surface area contributed by atoms with Crippen LogP contribution in [0.3, 0.4) is 0 Å². The fourth-order valence-electron chi connectivity index (χ4n) is 3.34. The second-order valence-corrected chi connectivity index (χ2v) is 7.03. The number of rotatable bonds is 7. The van der Waals surface area contributed by atoms with E-state index >= 15 is 0 Å². The van der Waals surface area contributed by atoms with Crippen LogP contribution < -0.4 is 5.32 Å². The molecule has 2 aromatic carbocycles. The molecular formula is C23H21NO4. The summed E-state index contributed by atoms with van der Waals surface area (Å²) in [5.74, 6) is -0.867. The Kier molecular flexibility index (Phi) is 4.98. The van der Waals surface area contributed by atoms with Crippen LogP contribution in [0.1, 0.15) is 29.0 Å². The van der Waals surface area contributed by atoms with Crippen molar-refractivity contribution in [1.29, 1.82) is 0 Å². The minimum absolute atomic E-state index is 0.0163. The van der Waals surface area contributed by atoms with E-state index in [-0.39, 0.29) is 23.7 Å². The van der Waals surface area contributed by atoms with E-state index in [4.69, 9.17) is 9.15 Å². The van der Waals surface area contributed by atoms with Gasteiger partial charge < -0.3 is 14.5 Å². The summed E-state index contributed by atoms with van der Waals surface area (Å²) in [5.41, 5.74) is 2.75. The SMILES string of the molecule is O=C(COC(=O)c1occc1-c1ccccc1)NCC1(c2ccccc2)CC1. The normalized spacial score (nSPS) is 14.3. The number of esters is 1. The molecule has 0 unspecified atom stereocenters. The molecule has 0 spiro atoms. The van der Waals surface area contributed by atoms with Gasteiger partial charge in [0, 0.05) is 17.5 Å². The molecule has 0 aliphatic heterocycles. The molecule has 1 aliphatic rings. The van der Waals surface area contributed by atoms with Crippen LogP contribution in [0.5, 0.6) is 0 Å². The van der Waals surface area contributed by atoms with Crippen LogP contribution in [0.4, 0.5) is 0 Å². The number of amides is 1. The molecule has 1 N–H and O–H groups in total. The minimum atomic E-state index is -0.650. The molecule has 1 aliphatic carbocycles. The van der Waals surface area contributed by atoms with Gasteiger partial charge in [0.1, 0.15) is 0 Å². The van der Waals surface area contributed by atoms with Gasteiger partial charge in [-0.2, -0.15) is 0 Å². The standard InChI is InChI=1S/C23H21NO4/c25-20(24-16-23(12-13-23)18-9-5-2-6-10-18)15-28-22(26)21-19(11-14-27-21)17-7-3-1-4-8-17/h1-11,14H,12-13,15-16H2,(H,24,25). The van der Waals surface area contributed by atoms with Crippen molar-refractivity contribution in [2.45, 2.75) is 18.3 Å². The maximum Gasteiger partial charge on any atom is 0.375 e. The van der Waals surface area contributed by atoms with Gasteiger partial charge in [0.25, 0.3) is 5.91 Å². The number of benzene rings is 2. The molecule has 0 bridgehead atoms. The molecule has 142 valence electrons. The van der Waals surface area contributed by atoms with Crippen molar-refractivity contribution < 1.29 is 18.7 Å². The van der Waals surface area contributed by atoms with E-state index in [1.54, 1.807) is 6.07 Å². The van der Waals surface area contributed by atoms with Crippen molar-refractivity contribution in [3.8, 4) is 11.1 Å². The smallest absolute Gasteiger partial charge is 0.375 e. The predicted molar refractivity (Wildman–Crippen MR) is 105 cm³/mol. The van der Waals surface area contributed by atoms with E-state index in [9.17, 15) is 9.59 Å². The molecule has 3 aromatic rings. The Morgan fingerprint density at radius 1 is 0.964 bits per heavy atom. The van der Waals surface area contributed by atoms with Crippen LogP contribution in [0.25, 0.3) is 11.1 Å². The van der Waals surface area contributed by atoms with Gasteiger partial charge >= 0.3 is 5.97 Å². The molecule has 5 nitrogen and oxygen atoms in total. The van der Waals surface area contributed by atoms with Crippen LogP contribution in [-0.2, 0) is 14.9 Å². The van der Waals surface area contributed by atoms with Crippen LogP contribution in [0.15, 0.2) is 77.4 Å². The number of furan rings is 1. The third kappa shape index (κ3) is 3.83. The van der Waals surface area contributed by atoms with E-state index in [1.807, 2.05) is 48.5 Å². The Morgan fingerprint density at radius 3 is 2.32 bits per heavy atom. The quantitative estimate of drug-likeness (QED) is 0.635. The summed E-state index contributed by atoms with van der Waals surface area (Å²) in [7, 11) is 0. The van der Waals surface area contributed by atoms with Crippen molar-refractivity contribution >= 4 is 11.9 Å². The fraction of sp³-hybridized carbons (Fsp3) is 0.217. The third-order valence-electron chi connectivity index (χ3n) is 5.13. The summed E-state index contributed by atoms with van der Waals surface area (Å²) < 4.78 is 10.4. The highest BCUT2D eigenvalue weighted by molar-refractivity contribution is 5.95. The Labute approximate surface area is 163 Å². The van der Waals surface area contributed by atoms with Gasteiger partial charge in [0.05, 0.1) is 6.26 Å². The lowest BCUT2D eigenvalue weighted by Crippen LogP contribution is -2.35. The number of carbonyl (C=O) groups is 2. The summed E-state index contributed by atoms with van der Waals surface area (Å²) in [6, 6.07) is 21.3. The van der Waals surface area contributed by atoms with E-state index < -0.39 is 5.97 Å². The topological polar surface area (TPSA) is 68.5 Å². The third-order valence-corrected chi connectivity index (χ3v) is 5.13. The Morgan fingerprint density at radius 2 is 1.64 bits per heavy atom. The highest BCUT2D eigenvalue weighted by atomic mass is 16.5. The molecule has 28 heavy (non-hydrogen) atoms. The highest BCUT2D eigenvalue weighted by Gasteiger charge is 2.44. The Bertz CT molecular complexity index is 959. The maximum atomic E-state index is 12.3. The summed E-state index contributed by atoms with van der Waals surface area (Å²) in [6.45, 7) is 0.210. The largest absolute Gasteiger partial charge is 0.457 e. The second-order valence-electron chi connectivity index (χ2n) is 7.03. The van der Waals surface area contributed by atoms with Crippen molar-refractivity contribution in [2.24, 2.45) is 0 Å². The van der Waals surface area contributed by atoms with Gasteiger partial charge in [-0.15, -0.1) is 0 Å². The first kappa shape index (κ1) is 18.0. The van der Waals surface area contributed by atoms with Gasteiger partial charge in [-0.05, 0) is 30.0 Å². The Balaban J connectivity index is 1.31. The van der Waals surface area contributed by atoms with Crippen LogP contribution >= 0.6 is 0 Å². The van der Waals surface area contributed by atoms with E-state index in [2.05, 4.69) is 17.4 Å². The first-order chi connectivity index (χ1) is 13.7. The number of ether oxygens (including phenoxy) is 1. The summed E-state index contributed by atoms with van der Waals surface area (Å²) in [6.07, 6.45) is 3.53. The van der Waals surface area contributed by atoms with Crippen molar-refractivity contribution in [1.82, 2.24) is 5.32 Å². The molecule has 0 saturated heterocycles. The van der Waals surface area contributed by atoms with Crippen molar-refractivity contribution in [2.75, 3.05) is 13.2 Å². The van der Waals surface area contributed by atoms with Crippen LogP contribution in [-0.4, -0.2) is 25.0 Å². The number of carbonyl (C=O) groups excluding carboxylic acids is 2. The lowest BCUT2D eigenvalue weighted by atomic mass is 9.96. The lowest BCUT2D eigenvalue weighted by Gasteiger charge is -2.16. The zero-order valence-electron chi connectivity index (χ0n) is 15.4. The van der Waals surface area contributed by atoms with E-state index in [0.717, 1.165) is 18.4 Å². The molecule has 1 amide bonds. The molecule has 1 fully saturated rings. The van der Waals surface area contributed by atoms with Crippen molar-refractivity contribution in [3.05, 3.63) is 84.3 Å². The summed E-state index contributed by atoms with van der Waals surface area (Å²) in [5, 5.41) is 2.88. The molecule has 0 atom stereocenters. The minimum Gasteiger partial charge on any atom is -0.457 e. The van der Waals surface area contributed by atoms with Crippen LogP contribution in [0, 0.1) is 0 Å². The summed E-state index contributed by atoms with van der Waals surface area (Å²) in [4.78, 5) is 24.5. The maximum absolute atomic E-state index is 12.3. The number of hydrogen-bond acceptors (Lipinski definition) is 4. The van der Waals surface area contributed by atoms with Crippen molar-refractivity contribution in [3.63, 3.8) is 0 Å². The molecule has 1 heterocycles. The van der Waals surface area contributed by atoms with Gasteiger partial charge in [-0.3, -0.25) is 4.79 Å². The molecule has 5 heteroatoms. The monoisotopic (exact) mass is 375 g/mol. The highest BCUT2D eigenvalue weighted by Crippen LogP contribution is 2.47. The molecular weight excluding hydrogens is 354 g/mol. The van der Waals surface area contributed by atoms with E-state index in [0.29, 0.717) is 12.1 Å². The first-order valence-corrected chi connectivity index (χ1v) is 9.30. The summed E-state index contributed by atoms with van der Waals surface area (Å²) >= 11 is 0. The zero-order valence-corrected chi connectivity index (χ0v) is 15.4. The second kappa shape index (κ2) is 7.72. The van der Waals surface area contributed by atoms with Gasteiger partial charge in [-0.25, -0.2) is 4.79 Å². The number of hydrogen-bond donors (Lipinski definition) is 1. The van der Waals surface area contributed by atoms with Gasteiger partial charge in [0.15, 0.2) is 6.61 Å². The fourth-order valence-corrected chi connectivity index (χ4v) is 3.34. The average Bonchev–Trinajstić information content (AvgIpc) is 3.38. The lowest BCUT2D eigenvalue weighted by molar-refractivity contribution is -0.124. The van der Waals surface area contributed by atoms with Gasteiger partial charge in [-0.1, -0.05) is 60.7 Å². The van der Waals surface area contributed by atoms with Crippen LogP contribution in [0.2, 0.25) is 0 Å². The Hall–Kier alpha value is -3.34.